The Balaban J connectivity index is 1.65. The minimum absolute atomic E-state index is 0.581. The van der Waals surface area contributed by atoms with Gasteiger partial charge in [-0.1, -0.05) is 30.9 Å². The minimum Gasteiger partial charge on any atom is -0.299 e. The fourth-order valence-corrected chi connectivity index (χ4v) is 4.14. The first kappa shape index (κ1) is 14.2. The van der Waals surface area contributed by atoms with E-state index in [1.54, 1.807) is 11.3 Å². The summed E-state index contributed by atoms with van der Waals surface area (Å²) in [6, 6.07) is 1.98. The van der Waals surface area contributed by atoms with E-state index in [1.165, 1.54) is 32.1 Å². The van der Waals surface area contributed by atoms with Crippen molar-refractivity contribution in [3.63, 3.8) is 0 Å². The summed E-state index contributed by atoms with van der Waals surface area (Å²) < 4.78 is 0. The number of nitrogens with zero attached hydrogens (tertiary/aromatic N) is 3. The highest BCUT2D eigenvalue weighted by atomic mass is 35.5. The van der Waals surface area contributed by atoms with Crippen molar-refractivity contribution in [1.29, 1.82) is 0 Å². The highest BCUT2D eigenvalue weighted by molar-refractivity contribution is 7.16. The Morgan fingerprint density at radius 2 is 2.10 bits per heavy atom. The molecule has 2 aromatic rings. The van der Waals surface area contributed by atoms with Crippen LogP contribution in [0.1, 0.15) is 37.9 Å². The van der Waals surface area contributed by atoms with Gasteiger partial charge >= 0.3 is 0 Å². The number of rotatable bonds is 4. The molecule has 0 unspecified atom stereocenters. The van der Waals surface area contributed by atoms with Gasteiger partial charge in [0.1, 0.15) is 15.8 Å². The van der Waals surface area contributed by atoms with Gasteiger partial charge in [0.15, 0.2) is 0 Å². The molecule has 0 saturated heterocycles. The van der Waals surface area contributed by atoms with Gasteiger partial charge in [-0.25, -0.2) is 9.97 Å². The van der Waals surface area contributed by atoms with Crippen LogP contribution in [0.4, 0.5) is 0 Å². The van der Waals surface area contributed by atoms with Gasteiger partial charge in [0.2, 0.25) is 0 Å². The van der Waals surface area contributed by atoms with Crippen molar-refractivity contribution in [2.24, 2.45) is 5.92 Å². The number of aromatic nitrogens is 2. The second kappa shape index (κ2) is 6.37. The van der Waals surface area contributed by atoms with Gasteiger partial charge in [-0.15, -0.1) is 11.3 Å². The average molecular weight is 310 g/mol. The predicted octanol–water partition coefficient (Wildman–Crippen LogP) is 4.36. The zero-order chi connectivity index (χ0) is 13.9. The van der Waals surface area contributed by atoms with E-state index in [0.29, 0.717) is 5.15 Å². The summed E-state index contributed by atoms with van der Waals surface area (Å²) in [6.45, 7) is 1.92. The van der Waals surface area contributed by atoms with E-state index >= 15 is 0 Å². The molecule has 1 saturated carbocycles. The normalized spacial score (nSPS) is 17.1. The second-order valence-corrected chi connectivity index (χ2v) is 7.02. The highest BCUT2D eigenvalue weighted by Crippen LogP contribution is 2.26. The van der Waals surface area contributed by atoms with Crippen LogP contribution in [-0.4, -0.2) is 28.5 Å². The molecule has 1 aliphatic carbocycles. The van der Waals surface area contributed by atoms with Crippen molar-refractivity contribution in [2.45, 2.75) is 38.6 Å². The molecular weight excluding hydrogens is 290 g/mol. The summed E-state index contributed by atoms with van der Waals surface area (Å²) >= 11 is 7.84. The van der Waals surface area contributed by atoms with E-state index in [0.717, 1.165) is 35.0 Å². The molecule has 0 aliphatic heterocycles. The van der Waals surface area contributed by atoms with Crippen LogP contribution in [-0.2, 0) is 6.54 Å². The molecule has 2 aromatic heterocycles. The van der Waals surface area contributed by atoms with Crippen molar-refractivity contribution in [2.75, 3.05) is 13.6 Å². The quantitative estimate of drug-likeness (QED) is 0.786. The topological polar surface area (TPSA) is 29.0 Å². The van der Waals surface area contributed by atoms with Gasteiger partial charge < -0.3 is 0 Å². The third kappa shape index (κ3) is 3.30. The summed E-state index contributed by atoms with van der Waals surface area (Å²) in [5.74, 6) is 1.68. The Labute approximate surface area is 129 Å². The maximum absolute atomic E-state index is 6.22. The fraction of sp³-hybridized carbons (Fsp3) is 0.600. The van der Waals surface area contributed by atoms with Crippen LogP contribution in [0.5, 0.6) is 0 Å². The molecule has 0 aromatic carbocycles. The SMILES string of the molecule is CN(Cc1nc(Cl)c2ccsc2n1)CC1CCCCC1. The standard InChI is InChI=1S/C15H20ClN3S/c1-19(9-11-5-3-2-4-6-11)10-13-17-14(16)12-7-8-20-15(12)18-13/h7-8,11H,2-6,9-10H2,1H3. The second-order valence-electron chi connectivity index (χ2n) is 5.77. The first-order valence-electron chi connectivity index (χ1n) is 7.30. The first-order chi connectivity index (χ1) is 9.72. The third-order valence-corrected chi connectivity index (χ3v) is 5.13. The fourth-order valence-electron chi connectivity index (χ4n) is 3.05. The largest absolute Gasteiger partial charge is 0.299 e. The van der Waals surface area contributed by atoms with Crippen LogP contribution in [0.25, 0.3) is 10.2 Å². The van der Waals surface area contributed by atoms with E-state index in [-0.39, 0.29) is 0 Å². The lowest BCUT2D eigenvalue weighted by Gasteiger charge is -2.26. The molecule has 0 N–H and O–H groups in total. The van der Waals surface area contributed by atoms with Crippen molar-refractivity contribution in [3.8, 4) is 0 Å². The predicted molar refractivity (Wildman–Crippen MR) is 85.3 cm³/mol. The number of fused-ring (bicyclic) bond motifs is 1. The molecule has 3 rings (SSSR count). The molecule has 2 heterocycles. The summed E-state index contributed by atoms with van der Waals surface area (Å²) in [5.41, 5.74) is 0. The van der Waals surface area contributed by atoms with Gasteiger partial charge in [0.25, 0.3) is 0 Å². The molecule has 0 atom stereocenters. The molecule has 1 fully saturated rings. The summed E-state index contributed by atoms with van der Waals surface area (Å²) in [7, 11) is 2.16. The van der Waals surface area contributed by atoms with Crippen LogP contribution in [0.15, 0.2) is 11.4 Å². The summed E-state index contributed by atoms with van der Waals surface area (Å²) in [6.07, 6.45) is 6.93. The maximum Gasteiger partial charge on any atom is 0.145 e. The Kier molecular flexibility index (Phi) is 4.54. The number of hydrogen-bond acceptors (Lipinski definition) is 4. The van der Waals surface area contributed by atoms with Crippen LogP contribution >= 0.6 is 22.9 Å². The van der Waals surface area contributed by atoms with E-state index < -0.39 is 0 Å². The van der Waals surface area contributed by atoms with Crippen LogP contribution in [0.2, 0.25) is 5.15 Å². The van der Waals surface area contributed by atoms with Gasteiger partial charge in [-0.2, -0.15) is 0 Å². The minimum atomic E-state index is 0.581. The van der Waals surface area contributed by atoms with Crippen LogP contribution < -0.4 is 0 Å². The monoisotopic (exact) mass is 309 g/mol. The van der Waals surface area contributed by atoms with E-state index in [2.05, 4.69) is 21.9 Å². The van der Waals surface area contributed by atoms with Crippen molar-refractivity contribution in [1.82, 2.24) is 14.9 Å². The maximum atomic E-state index is 6.22. The molecule has 20 heavy (non-hydrogen) atoms. The highest BCUT2D eigenvalue weighted by Gasteiger charge is 2.16. The molecule has 0 amide bonds. The van der Waals surface area contributed by atoms with Crippen molar-refractivity contribution >= 4 is 33.2 Å². The molecule has 0 spiro atoms. The number of halogens is 1. The molecular formula is C15H20ClN3S. The smallest absolute Gasteiger partial charge is 0.145 e. The van der Waals surface area contributed by atoms with E-state index in [4.69, 9.17) is 11.6 Å². The molecule has 108 valence electrons. The van der Waals surface area contributed by atoms with E-state index in [1.807, 2.05) is 11.4 Å². The summed E-state index contributed by atoms with van der Waals surface area (Å²) in [5, 5.41) is 3.56. The molecule has 0 radical (unpaired) electrons. The summed E-state index contributed by atoms with van der Waals surface area (Å²) in [4.78, 5) is 12.4. The third-order valence-electron chi connectivity index (χ3n) is 4.03. The van der Waals surface area contributed by atoms with Crippen molar-refractivity contribution in [3.05, 3.63) is 22.4 Å². The zero-order valence-corrected chi connectivity index (χ0v) is 13.4. The zero-order valence-electron chi connectivity index (χ0n) is 11.8. The van der Waals surface area contributed by atoms with Gasteiger partial charge in [-0.05, 0) is 37.3 Å². The molecule has 3 nitrogen and oxygen atoms in total. The lowest BCUT2D eigenvalue weighted by atomic mass is 9.89. The number of hydrogen-bond donors (Lipinski definition) is 0. The van der Waals surface area contributed by atoms with Crippen LogP contribution in [0.3, 0.4) is 0 Å². The molecule has 0 bridgehead atoms. The lowest BCUT2D eigenvalue weighted by molar-refractivity contribution is 0.224. The van der Waals surface area contributed by atoms with Crippen LogP contribution in [0, 0.1) is 5.92 Å². The Bertz CT molecular complexity index is 578. The Morgan fingerprint density at radius 3 is 2.90 bits per heavy atom. The lowest BCUT2D eigenvalue weighted by Crippen LogP contribution is -2.27. The molecule has 1 aliphatic rings. The molecule has 5 heteroatoms. The van der Waals surface area contributed by atoms with Gasteiger partial charge in [0, 0.05) is 11.9 Å². The Hall–Kier alpha value is -0.710. The first-order valence-corrected chi connectivity index (χ1v) is 8.56. The van der Waals surface area contributed by atoms with Gasteiger partial charge in [-0.3, -0.25) is 4.90 Å². The van der Waals surface area contributed by atoms with Gasteiger partial charge in [0.05, 0.1) is 6.54 Å². The average Bonchev–Trinajstić information content (AvgIpc) is 2.88. The number of thiophene rings is 1. The Morgan fingerprint density at radius 1 is 1.30 bits per heavy atom. The van der Waals surface area contributed by atoms with E-state index in [9.17, 15) is 0 Å². The van der Waals surface area contributed by atoms with Crippen molar-refractivity contribution < 1.29 is 0 Å².